The molecule has 2 aromatic heterocycles. The Labute approximate surface area is 163 Å². The highest BCUT2D eigenvalue weighted by molar-refractivity contribution is 5.77. The summed E-state index contributed by atoms with van der Waals surface area (Å²) in [5, 5.41) is 14.7. The summed E-state index contributed by atoms with van der Waals surface area (Å²) in [7, 11) is 0. The fraction of sp³-hybridized carbons (Fsp3) is 0.476. The third kappa shape index (κ3) is 2.86. The molecule has 5 rings (SSSR count). The third-order valence-corrected chi connectivity index (χ3v) is 6.07. The Kier molecular flexibility index (Phi) is 4.49. The fourth-order valence-corrected chi connectivity index (χ4v) is 4.74. The van der Waals surface area contributed by atoms with Crippen molar-refractivity contribution in [3.05, 3.63) is 57.9 Å². The van der Waals surface area contributed by atoms with Gasteiger partial charge in [0.25, 0.3) is 5.56 Å². The predicted molar refractivity (Wildman–Crippen MR) is 106 cm³/mol. The van der Waals surface area contributed by atoms with Crippen LogP contribution in [0.2, 0.25) is 0 Å². The van der Waals surface area contributed by atoms with Gasteiger partial charge in [0.2, 0.25) is 0 Å². The number of aliphatic hydroxyl groups excluding tert-OH is 1. The van der Waals surface area contributed by atoms with Crippen LogP contribution in [0.4, 0.5) is 0 Å². The molecule has 1 aromatic carbocycles. The lowest BCUT2D eigenvalue weighted by Gasteiger charge is -2.26. The van der Waals surface area contributed by atoms with E-state index in [9.17, 15) is 9.90 Å². The van der Waals surface area contributed by atoms with Crippen molar-refractivity contribution in [2.45, 2.75) is 51.4 Å². The maximum absolute atomic E-state index is 13.1. The molecule has 3 aromatic rings. The van der Waals surface area contributed by atoms with Crippen molar-refractivity contribution >= 4 is 10.9 Å². The third-order valence-electron chi connectivity index (χ3n) is 6.07. The number of aromatic nitrogens is 4. The molecule has 4 heterocycles. The van der Waals surface area contributed by atoms with Gasteiger partial charge >= 0.3 is 0 Å². The summed E-state index contributed by atoms with van der Waals surface area (Å²) < 4.78 is 3.80. The second-order valence-corrected chi connectivity index (χ2v) is 7.74. The molecule has 1 saturated heterocycles. The summed E-state index contributed by atoms with van der Waals surface area (Å²) in [5.41, 5.74) is 3.31. The van der Waals surface area contributed by atoms with Crippen LogP contribution in [-0.4, -0.2) is 42.5 Å². The molecule has 1 unspecified atom stereocenters. The van der Waals surface area contributed by atoms with Crippen LogP contribution < -0.4 is 5.56 Å². The fourth-order valence-electron chi connectivity index (χ4n) is 4.74. The van der Waals surface area contributed by atoms with E-state index in [0.29, 0.717) is 5.39 Å². The van der Waals surface area contributed by atoms with Crippen LogP contribution in [0.5, 0.6) is 0 Å². The Hall–Kier alpha value is -2.51. The normalized spacial score (nSPS) is 19.5. The number of hydrogen-bond acceptors (Lipinski definition) is 5. The predicted octanol–water partition coefficient (Wildman–Crippen LogP) is 1.87. The Balaban J connectivity index is 1.54. The van der Waals surface area contributed by atoms with Gasteiger partial charge in [-0.15, -0.1) is 0 Å². The highest BCUT2D eigenvalue weighted by Crippen LogP contribution is 2.33. The Morgan fingerprint density at radius 2 is 2.07 bits per heavy atom. The number of aryl methyl sites for hydroxylation is 1. The zero-order valence-corrected chi connectivity index (χ0v) is 15.9. The number of fused-ring (bicyclic) bond motifs is 2. The molecule has 0 spiro atoms. The molecule has 7 nitrogen and oxygen atoms in total. The quantitative estimate of drug-likeness (QED) is 0.732. The summed E-state index contributed by atoms with van der Waals surface area (Å²) >= 11 is 0. The SMILES string of the molecule is O=c1c2ccccc2nc(C2CCCN2Cc2cnn3c2CCC3)n1CCO. The minimum absolute atomic E-state index is 0.0621. The van der Waals surface area contributed by atoms with Crippen molar-refractivity contribution in [1.29, 1.82) is 0 Å². The first-order valence-corrected chi connectivity index (χ1v) is 10.1. The summed E-state index contributed by atoms with van der Waals surface area (Å²) in [6.07, 6.45) is 6.31. The van der Waals surface area contributed by atoms with E-state index in [1.54, 1.807) is 4.57 Å². The van der Waals surface area contributed by atoms with Gasteiger partial charge < -0.3 is 5.11 Å². The molecule has 0 saturated carbocycles. The molecule has 7 heteroatoms. The molecule has 0 amide bonds. The van der Waals surface area contributed by atoms with Crippen LogP contribution in [0, 0.1) is 0 Å². The number of para-hydroxylation sites is 1. The first-order valence-electron chi connectivity index (χ1n) is 10.1. The van der Waals surface area contributed by atoms with E-state index in [4.69, 9.17) is 4.98 Å². The van der Waals surface area contributed by atoms with Gasteiger partial charge in [0, 0.05) is 24.3 Å². The molecule has 1 N–H and O–H groups in total. The van der Waals surface area contributed by atoms with Gasteiger partial charge in [0.15, 0.2) is 0 Å². The molecule has 1 atom stereocenters. The molecule has 0 aliphatic carbocycles. The summed E-state index contributed by atoms with van der Waals surface area (Å²) in [4.78, 5) is 20.3. The van der Waals surface area contributed by atoms with Crippen molar-refractivity contribution in [3.8, 4) is 0 Å². The first kappa shape index (κ1) is 17.6. The lowest BCUT2D eigenvalue weighted by Crippen LogP contribution is -2.33. The van der Waals surface area contributed by atoms with E-state index in [0.717, 1.165) is 50.2 Å². The van der Waals surface area contributed by atoms with Gasteiger partial charge in [0.1, 0.15) is 5.82 Å². The summed E-state index contributed by atoms with van der Waals surface area (Å²) in [5.74, 6) is 0.777. The molecule has 2 aliphatic rings. The maximum atomic E-state index is 13.1. The number of rotatable bonds is 5. The second-order valence-electron chi connectivity index (χ2n) is 7.74. The molecule has 1 fully saturated rings. The zero-order chi connectivity index (χ0) is 19.1. The van der Waals surface area contributed by atoms with E-state index in [1.165, 1.54) is 17.7 Å². The summed E-state index contributed by atoms with van der Waals surface area (Å²) in [6.45, 7) is 3.04. The zero-order valence-electron chi connectivity index (χ0n) is 15.9. The lowest BCUT2D eigenvalue weighted by atomic mass is 10.1. The highest BCUT2D eigenvalue weighted by Gasteiger charge is 2.31. The van der Waals surface area contributed by atoms with E-state index in [-0.39, 0.29) is 24.8 Å². The van der Waals surface area contributed by atoms with Gasteiger partial charge in [-0.1, -0.05) is 12.1 Å². The van der Waals surface area contributed by atoms with Gasteiger partial charge in [-0.05, 0) is 44.4 Å². The monoisotopic (exact) mass is 379 g/mol. The molecule has 146 valence electrons. The van der Waals surface area contributed by atoms with Crippen molar-refractivity contribution in [2.24, 2.45) is 0 Å². The Bertz CT molecular complexity index is 1070. The number of aliphatic hydroxyl groups is 1. The second kappa shape index (κ2) is 7.14. The van der Waals surface area contributed by atoms with Crippen LogP contribution in [0.3, 0.4) is 0 Å². The topological polar surface area (TPSA) is 76.2 Å². The van der Waals surface area contributed by atoms with Crippen molar-refractivity contribution in [2.75, 3.05) is 13.2 Å². The number of hydrogen-bond donors (Lipinski definition) is 1. The molecule has 0 bridgehead atoms. The number of benzene rings is 1. The van der Waals surface area contributed by atoms with Gasteiger partial charge in [-0.3, -0.25) is 18.9 Å². The molecule has 2 aliphatic heterocycles. The van der Waals surface area contributed by atoms with Gasteiger partial charge in [0.05, 0.1) is 36.3 Å². The Morgan fingerprint density at radius 1 is 1.18 bits per heavy atom. The number of likely N-dealkylation sites (tertiary alicyclic amines) is 1. The van der Waals surface area contributed by atoms with Crippen LogP contribution in [-0.2, 0) is 26.1 Å². The van der Waals surface area contributed by atoms with Crippen LogP contribution in [0.1, 0.15) is 42.4 Å². The number of nitrogens with zero attached hydrogens (tertiary/aromatic N) is 5. The van der Waals surface area contributed by atoms with Crippen molar-refractivity contribution in [3.63, 3.8) is 0 Å². The average molecular weight is 379 g/mol. The molecule has 28 heavy (non-hydrogen) atoms. The first-order chi connectivity index (χ1) is 13.8. The summed E-state index contributed by atoms with van der Waals surface area (Å²) in [6, 6.07) is 7.56. The van der Waals surface area contributed by atoms with Gasteiger partial charge in [-0.2, -0.15) is 5.10 Å². The smallest absolute Gasteiger partial charge is 0.261 e. The average Bonchev–Trinajstić information content (AvgIpc) is 3.43. The van der Waals surface area contributed by atoms with Crippen molar-refractivity contribution < 1.29 is 5.11 Å². The van der Waals surface area contributed by atoms with E-state index >= 15 is 0 Å². The molecular weight excluding hydrogens is 354 g/mol. The van der Waals surface area contributed by atoms with E-state index < -0.39 is 0 Å². The Morgan fingerprint density at radius 3 is 2.96 bits per heavy atom. The van der Waals surface area contributed by atoms with Crippen molar-refractivity contribution in [1.82, 2.24) is 24.2 Å². The minimum Gasteiger partial charge on any atom is -0.395 e. The minimum atomic E-state index is -0.0729. The molecular formula is C21H25N5O2. The van der Waals surface area contributed by atoms with Crippen LogP contribution in [0.25, 0.3) is 10.9 Å². The van der Waals surface area contributed by atoms with E-state index in [1.807, 2.05) is 30.5 Å². The van der Waals surface area contributed by atoms with Crippen LogP contribution >= 0.6 is 0 Å². The molecule has 0 radical (unpaired) electrons. The highest BCUT2D eigenvalue weighted by atomic mass is 16.3. The lowest BCUT2D eigenvalue weighted by molar-refractivity contribution is 0.223. The largest absolute Gasteiger partial charge is 0.395 e. The van der Waals surface area contributed by atoms with E-state index in [2.05, 4.69) is 14.7 Å². The standard InChI is InChI=1S/C21H25N5O2/c27-12-11-25-20(23-17-6-2-1-5-16(17)21(25)28)19-8-3-9-24(19)14-15-13-22-26-10-4-7-18(15)26/h1-2,5-6,13,19,27H,3-4,7-12,14H2. The van der Waals surface area contributed by atoms with Gasteiger partial charge in [-0.25, -0.2) is 4.98 Å². The van der Waals surface area contributed by atoms with Crippen LogP contribution in [0.15, 0.2) is 35.3 Å². The maximum Gasteiger partial charge on any atom is 0.261 e.